The van der Waals surface area contributed by atoms with Gasteiger partial charge in [-0.3, -0.25) is 5.32 Å². The van der Waals surface area contributed by atoms with Crippen LogP contribution in [0, 0.1) is 0 Å². The molecule has 1 aliphatic rings. The largest absolute Gasteiger partial charge is 0.398 e. The van der Waals surface area contributed by atoms with Crippen LogP contribution >= 0.6 is 0 Å². The Balaban J connectivity index is 2.92. The van der Waals surface area contributed by atoms with Crippen molar-refractivity contribution in [1.29, 1.82) is 0 Å². The fraction of sp³-hybridized carbons (Fsp3) is 0.500. The Hall–Kier alpha value is -1.23. The zero-order valence-corrected chi connectivity index (χ0v) is 6.68. The van der Waals surface area contributed by atoms with Gasteiger partial charge in [0.1, 0.15) is 0 Å². The van der Waals surface area contributed by atoms with Gasteiger partial charge in [-0.1, -0.05) is 0 Å². The summed E-state index contributed by atoms with van der Waals surface area (Å²) in [6.07, 6.45) is 1.64. The van der Waals surface area contributed by atoms with Gasteiger partial charge in [-0.25, -0.2) is 4.99 Å². The molecule has 0 aromatic heterocycles. The highest BCUT2D eigenvalue weighted by Gasteiger charge is 2.26. The number of hydrogen-bond acceptors (Lipinski definition) is 5. The lowest BCUT2D eigenvalue weighted by Crippen LogP contribution is -2.49. The molecule has 5 nitrogen and oxygen atoms in total. The first kappa shape index (κ1) is 7.87. The first-order chi connectivity index (χ1) is 5.08. The molecular weight excluding hydrogens is 142 g/mol. The number of rotatable bonds is 1. The van der Waals surface area contributed by atoms with Gasteiger partial charge in [-0.2, -0.15) is 0 Å². The summed E-state index contributed by atoms with van der Waals surface area (Å²) >= 11 is 0. The van der Waals surface area contributed by atoms with Crippen molar-refractivity contribution in [3.63, 3.8) is 0 Å². The maximum absolute atomic E-state index is 5.66. The molecular formula is C6H13N5. The number of guanidine groups is 1. The van der Waals surface area contributed by atoms with Gasteiger partial charge in [0.15, 0.2) is 11.6 Å². The zero-order valence-electron chi connectivity index (χ0n) is 6.68. The van der Waals surface area contributed by atoms with E-state index in [-0.39, 0.29) is 0 Å². The zero-order chi connectivity index (χ0) is 8.48. The molecule has 1 rings (SSSR count). The lowest BCUT2D eigenvalue weighted by molar-refractivity contribution is 0.458. The molecule has 0 aromatic rings. The predicted octanol–water partition coefficient (Wildman–Crippen LogP) is -1.36. The summed E-state index contributed by atoms with van der Waals surface area (Å²) in [5.41, 5.74) is 11.2. The lowest BCUT2D eigenvalue weighted by atomic mass is 10.1. The van der Waals surface area contributed by atoms with Crippen molar-refractivity contribution in [2.75, 3.05) is 7.05 Å². The molecule has 0 spiro atoms. The average molecular weight is 155 g/mol. The fourth-order valence-corrected chi connectivity index (χ4v) is 0.830. The summed E-state index contributed by atoms with van der Waals surface area (Å²) in [6.45, 7) is 1.85. The molecule has 6 N–H and O–H groups in total. The van der Waals surface area contributed by atoms with Gasteiger partial charge < -0.3 is 16.8 Å². The van der Waals surface area contributed by atoms with E-state index < -0.39 is 5.66 Å². The van der Waals surface area contributed by atoms with Gasteiger partial charge >= 0.3 is 0 Å². The molecule has 1 heterocycles. The molecule has 0 amide bonds. The van der Waals surface area contributed by atoms with Crippen molar-refractivity contribution in [2.24, 2.45) is 16.5 Å². The summed E-state index contributed by atoms with van der Waals surface area (Å²) in [6, 6.07) is 0. The highest BCUT2D eigenvalue weighted by molar-refractivity contribution is 5.80. The monoisotopic (exact) mass is 155 g/mol. The number of aliphatic imine (C=N–C) groups is 1. The van der Waals surface area contributed by atoms with Crippen LogP contribution < -0.4 is 22.1 Å². The predicted molar refractivity (Wildman–Crippen MR) is 44.5 cm³/mol. The topological polar surface area (TPSA) is 88.5 Å². The minimum Gasteiger partial charge on any atom is -0.398 e. The molecule has 0 bridgehead atoms. The Bertz CT molecular complexity index is 219. The molecule has 1 unspecified atom stereocenters. The smallest absolute Gasteiger partial charge is 0.194 e. The molecule has 0 radical (unpaired) electrons. The molecule has 1 aliphatic heterocycles. The summed E-state index contributed by atoms with van der Waals surface area (Å²) in [7, 11) is 1.78. The van der Waals surface area contributed by atoms with Crippen molar-refractivity contribution in [3.8, 4) is 0 Å². The Morgan fingerprint density at radius 1 is 1.64 bits per heavy atom. The van der Waals surface area contributed by atoms with Crippen molar-refractivity contribution in [2.45, 2.75) is 12.6 Å². The number of nitrogens with one attached hydrogen (secondary N) is 2. The molecule has 1 atom stereocenters. The highest BCUT2D eigenvalue weighted by atomic mass is 15.2. The van der Waals surface area contributed by atoms with Crippen LogP contribution in [0.15, 0.2) is 16.9 Å². The average Bonchev–Trinajstić information content (AvgIpc) is 1.98. The van der Waals surface area contributed by atoms with E-state index in [1.807, 2.05) is 6.92 Å². The Labute approximate surface area is 65.5 Å². The number of hydrogen-bond donors (Lipinski definition) is 4. The summed E-state index contributed by atoms with van der Waals surface area (Å²) < 4.78 is 0. The van der Waals surface area contributed by atoms with E-state index in [1.54, 1.807) is 13.2 Å². The summed E-state index contributed by atoms with van der Waals surface area (Å²) in [4.78, 5) is 4.09. The number of likely N-dealkylation sites (N-methyl/N-ethyl adjacent to an activating group) is 1. The second-order valence-electron chi connectivity index (χ2n) is 2.56. The maximum atomic E-state index is 5.66. The SMILES string of the molecule is CNC1(C)N=C(N)NC=C1N. The van der Waals surface area contributed by atoms with E-state index in [4.69, 9.17) is 11.5 Å². The quantitative estimate of drug-likeness (QED) is 0.376. The van der Waals surface area contributed by atoms with E-state index in [1.165, 1.54) is 0 Å². The van der Waals surface area contributed by atoms with Crippen LogP contribution in [0.2, 0.25) is 0 Å². The molecule has 5 heteroatoms. The van der Waals surface area contributed by atoms with Crippen molar-refractivity contribution < 1.29 is 0 Å². The first-order valence-corrected chi connectivity index (χ1v) is 3.35. The number of nitrogens with zero attached hydrogens (tertiary/aromatic N) is 1. The lowest BCUT2D eigenvalue weighted by Gasteiger charge is -2.28. The first-order valence-electron chi connectivity index (χ1n) is 3.35. The van der Waals surface area contributed by atoms with E-state index in [9.17, 15) is 0 Å². The third kappa shape index (κ3) is 1.27. The van der Waals surface area contributed by atoms with Crippen molar-refractivity contribution >= 4 is 5.96 Å². The summed E-state index contributed by atoms with van der Waals surface area (Å²) in [5.74, 6) is 0.371. The Morgan fingerprint density at radius 3 is 2.73 bits per heavy atom. The fourth-order valence-electron chi connectivity index (χ4n) is 0.830. The highest BCUT2D eigenvalue weighted by Crippen LogP contribution is 2.14. The Morgan fingerprint density at radius 2 is 2.27 bits per heavy atom. The van der Waals surface area contributed by atoms with Gasteiger partial charge in [0.25, 0.3) is 0 Å². The van der Waals surface area contributed by atoms with E-state index in [0.29, 0.717) is 11.7 Å². The maximum Gasteiger partial charge on any atom is 0.194 e. The second kappa shape index (κ2) is 2.43. The Kier molecular flexibility index (Phi) is 1.74. The van der Waals surface area contributed by atoms with E-state index in [2.05, 4.69) is 15.6 Å². The van der Waals surface area contributed by atoms with Crippen LogP contribution in [-0.4, -0.2) is 18.7 Å². The molecule has 0 aliphatic carbocycles. The van der Waals surface area contributed by atoms with Gasteiger partial charge in [0.2, 0.25) is 0 Å². The molecule has 0 fully saturated rings. The standard InChI is InChI=1S/C6H13N5/c1-6(9-2)4(7)3-10-5(8)11-6/h3,9H,7H2,1-2H3,(H3,8,10,11). The number of nitrogens with two attached hydrogens (primary N) is 2. The van der Waals surface area contributed by atoms with Gasteiger partial charge in [0.05, 0.1) is 5.70 Å². The van der Waals surface area contributed by atoms with Crippen LogP contribution in [0.1, 0.15) is 6.92 Å². The minimum atomic E-state index is -0.560. The van der Waals surface area contributed by atoms with E-state index in [0.717, 1.165) is 0 Å². The van der Waals surface area contributed by atoms with Crippen LogP contribution in [0.5, 0.6) is 0 Å². The molecule has 0 saturated carbocycles. The minimum absolute atomic E-state index is 0.371. The van der Waals surface area contributed by atoms with Crippen molar-refractivity contribution in [3.05, 3.63) is 11.9 Å². The molecule has 11 heavy (non-hydrogen) atoms. The van der Waals surface area contributed by atoms with Gasteiger partial charge in [-0.05, 0) is 14.0 Å². The van der Waals surface area contributed by atoms with Crippen LogP contribution in [0.3, 0.4) is 0 Å². The second-order valence-corrected chi connectivity index (χ2v) is 2.56. The normalized spacial score (nSPS) is 30.4. The molecule has 0 saturated heterocycles. The third-order valence-electron chi connectivity index (χ3n) is 1.77. The summed E-state index contributed by atoms with van der Waals surface area (Å²) in [5, 5.41) is 5.68. The van der Waals surface area contributed by atoms with Crippen LogP contribution in [0.25, 0.3) is 0 Å². The van der Waals surface area contributed by atoms with Crippen LogP contribution in [0.4, 0.5) is 0 Å². The van der Waals surface area contributed by atoms with Crippen LogP contribution in [-0.2, 0) is 0 Å². The molecule has 62 valence electrons. The third-order valence-corrected chi connectivity index (χ3v) is 1.77. The molecule has 0 aromatic carbocycles. The van der Waals surface area contributed by atoms with Gasteiger partial charge in [-0.15, -0.1) is 0 Å². The van der Waals surface area contributed by atoms with Crippen molar-refractivity contribution in [1.82, 2.24) is 10.6 Å². The van der Waals surface area contributed by atoms with Gasteiger partial charge in [0, 0.05) is 6.20 Å². The van der Waals surface area contributed by atoms with E-state index >= 15 is 0 Å².